The zero-order chi connectivity index (χ0) is 18.2. The number of nitrogens with one attached hydrogen (secondary N) is 2. The summed E-state index contributed by atoms with van der Waals surface area (Å²) >= 11 is 0. The van der Waals surface area contributed by atoms with Gasteiger partial charge in [-0.25, -0.2) is 9.97 Å². The number of aromatic amines is 1. The molecule has 0 saturated carbocycles. The first kappa shape index (κ1) is 15.5. The van der Waals surface area contributed by atoms with Crippen molar-refractivity contribution in [1.29, 1.82) is 0 Å². The first-order valence-corrected chi connectivity index (χ1v) is 8.73. The van der Waals surface area contributed by atoms with E-state index in [0.29, 0.717) is 5.95 Å². The quantitative estimate of drug-likeness (QED) is 0.511. The van der Waals surface area contributed by atoms with Crippen molar-refractivity contribution < 1.29 is 0 Å². The zero-order valence-electron chi connectivity index (χ0n) is 14.7. The molecule has 1 atom stereocenters. The number of benzene rings is 2. The lowest BCUT2D eigenvalue weighted by molar-refractivity contribution is 0.862. The molecule has 0 amide bonds. The van der Waals surface area contributed by atoms with Crippen molar-refractivity contribution in [2.75, 3.05) is 5.32 Å². The van der Waals surface area contributed by atoms with Crippen molar-refractivity contribution in [2.24, 2.45) is 0 Å². The molecule has 0 saturated heterocycles. The summed E-state index contributed by atoms with van der Waals surface area (Å²) in [6, 6.07) is 16.4. The minimum Gasteiger partial charge on any atom is -0.348 e. The molecule has 0 aliphatic rings. The number of H-pyrrole nitrogens is 1. The number of anilines is 1. The molecule has 5 rings (SSSR count). The number of nitrogens with zero attached hydrogens (tertiary/aromatic N) is 5. The van der Waals surface area contributed by atoms with Gasteiger partial charge < -0.3 is 5.32 Å². The zero-order valence-corrected chi connectivity index (χ0v) is 14.7. The fourth-order valence-electron chi connectivity index (χ4n) is 3.16. The summed E-state index contributed by atoms with van der Waals surface area (Å²) in [5, 5.41) is 11.5. The van der Waals surface area contributed by atoms with Crippen LogP contribution in [0.5, 0.6) is 0 Å². The van der Waals surface area contributed by atoms with Crippen LogP contribution >= 0.6 is 0 Å². The lowest BCUT2D eigenvalue weighted by Gasteiger charge is -2.14. The van der Waals surface area contributed by atoms with Gasteiger partial charge in [0, 0.05) is 5.39 Å². The summed E-state index contributed by atoms with van der Waals surface area (Å²) in [7, 11) is 0. The van der Waals surface area contributed by atoms with Crippen LogP contribution in [-0.2, 0) is 0 Å². The normalized spacial score (nSPS) is 12.5. The third kappa shape index (κ3) is 2.79. The van der Waals surface area contributed by atoms with Crippen molar-refractivity contribution in [3.63, 3.8) is 0 Å². The van der Waals surface area contributed by atoms with Crippen molar-refractivity contribution in [3.8, 4) is 5.69 Å². The number of imidazole rings is 1. The molecule has 7 heteroatoms. The summed E-state index contributed by atoms with van der Waals surface area (Å²) in [6.07, 6.45) is 5.31. The third-order valence-corrected chi connectivity index (χ3v) is 4.64. The number of hydrogen-bond donors (Lipinski definition) is 2. The van der Waals surface area contributed by atoms with E-state index in [1.165, 1.54) is 5.56 Å². The maximum Gasteiger partial charge on any atom is 0.225 e. The summed E-state index contributed by atoms with van der Waals surface area (Å²) in [6.45, 7) is 2.09. The van der Waals surface area contributed by atoms with Gasteiger partial charge in [-0.1, -0.05) is 30.3 Å². The van der Waals surface area contributed by atoms with Gasteiger partial charge >= 0.3 is 0 Å². The van der Waals surface area contributed by atoms with E-state index in [2.05, 4.69) is 44.5 Å². The molecule has 0 unspecified atom stereocenters. The fraction of sp³-hybridized carbons (Fsp3) is 0.100. The van der Waals surface area contributed by atoms with E-state index in [1.807, 2.05) is 41.0 Å². The van der Waals surface area contributed by atoms with Crippen molar-refractivity contribution in [2.45, 2.75) is 13.0 Å². The van der Waals surface area contributed by atoms with Crippen LogP contribution in [0.15, 0.2) is 67.3 Å². The standard InChI is InChI=1S/C20H17N7/c1-13(14-5-3-2-4-6-14)24-20-21-11-18-19(25-20)27(12-22-18)16-8-7-15-10-23-26-17(15)9-16/h2-13H,1H3,(H,23,26)(H,21,24,25)/t13-/m0/s1. The van der Waals surface area contributed by atoms with Crippen molar-refractivity contribution >= 4 is 28.0 Å². The highest BCUT2D eigenvalue weighted by molar-refractivity contribution is 5.81. The third-order valence-electron chi connectivity index (χ3n) is 4.64. The maximum absolute atomic E-state index is 4.70. The Morgan fingerprint density at radius 2 is 1.93 bits per heavy atom. The molecule has 0 spiro atoms. The van der Waals surface area contributed by atoms with Gasteiger partial charge in [-0.3, -0.25) is 9.67 Å². The molecule has 7 nitrogen and oxygen atoms in total. The second-order valence-corrected chi connectivity index (χ2v) is 6.44. The van der Waals surface area contributed by atoms with Crippen LogP contribution in [0.1, 0.15) is 18.5 Å². The number of fused-ring (bicyclic) bond motifs is 2. The van der Waals surface area contributed by atoms with Crippen molar-refractivity contribution in [1.82, 2.24) is 29.7 Å². The molecule has 3 aromatic heterocycles. The van der Waals surface area contributed by atoms with Gasteiger partial charge in [0.2, 0.25) is 5.95 Å². The fourth-order valence-corrected chi connectivity index (χ4v) is 3.16. The van der Waals surface area contributed by atoms with Crippen LogP contribution < -0.4 is 5.32 Å². The molecule has 2 N–H and O–H groups in total. The van der Waals surface area contributed by atoms with Gasteiger partial charge in [0.05, 0.1) is 29.6 Å². The minimum atomic E-state index is 0.0985. The molecule has 27 heavy (non-hydrogen) atoms. The lowest BCUT2D eigenvalue weighted by Crippen LogP contribution is -2.09. The van der Waals surface area contributed by atoms with E-state index in [1.54, 1.807) is 18.7 Å². The Hall–Kier alpha value is -3.74. The number of rotatable bonds is 4. The molecule has 2 aromatic carbocycles. The lowest BCUT2D eigenvalue weighted by atomic mass is 10.1. The van der Waals surface area contributed by atoms with Crippen LogP contribution in [0.25, 0.3) is 27.8 Å². The molecule has 0 radical (unpaired) electrons. The van der Waals surface area contributed by atoms with Gasteiger partial charge in [0.25, 0.3) is 0 Å². The Kier molecular flexibility index (Phi) is 3.57. The predicted molar refractivity (Wildman–Crippen MR) is 105 cm³/mol. The Bertz CT molecular complexity index is 1220. The first-order chi connectivity index (χ1) is 13.3. The van der Waals surface area contributed by atoms with E-state index in [9.17, 15) is 0 Å². The average molecular weight is 355 g/mol. The van der Waals surface area contributed by atoms with E-state index in [0.717, 1.165) is 27.8 Å². The summed E-state index contributed by atoms with van der Waals surface area (Å²) in [5.74, 6) is 0.572. The van der Waals surface area contributed by atoms with Gasteiger partial charge in [0.1, 0.15) is 11.8 Å². The Morgan fingerprint density at radius 1 is 1.04 bits per heavy atom. The second kappa shape index (κ2) is 6.21. The van der Waals surface area contributed by atoms with Crippen LogP contribution in [0.2, 0.25) is 0 Å². The van der Waals surface area contributed by atoms with E-state index in [4.69, 9.17) is 4.98 Å². The van der Waals surface area contributed by atoms with E-state index in [-0.39, 0.29) is 6.04 Å². The van der Waals surface area contributed by atoms with E-state index < -0.39 is 0 Å². The molecule has 5 aromatic rings. The summed E-state index contributed by atoms with van der Waals surface area (Å²) < 4.78 is 1.95. The highest BCUT2D eigenvalue weighted by atomic mass is 15.2. The molecule has 0 bridgehead atoms. The Balaban J connectivity index is 1.52. The van der Waals surface area contributed by atoms with E-state index >= 15 is 0 Å². The Morgan fingerprint density at radius 3 is 2.81 bits per heavy atom. The van der Waals surface area contributed by atoms with Crippen LogP contribution in [0.3, 0.4) is 0 Å². The van der Waals surface area contributed by atoms with Crippen molar-refractivity contribution in [3.05, 3.63) is 72.8 Å². The molecular formula is C20H17N7. The number of hydrogen-bond acceptors (Lipinski definition) is 5. The predicted octanol–water partition coefficient (Wildman–Crippen LogP) is 3.86. The monoisotopic (exact) mass is 355 g/mol. The van der Waals surface area contributed by atoms with Gasteiger partial charge in [-0.2, -0.15) is 10.1 Å². The SMILES string of the molecule is C[C@H](Nc1ncc2ncn(-c3ccc4cn[nH]c4c3)c2n1)c1ccccc1. The Labute approximate surface area is 155 Å². The largest absolute Gasteiger partial charge is 0.348 e. The molecule has 132 valence electrons. The van der Waals surface area contributed by atoms with Gasteiger partial charge in [-0.05, 0) is 30.7 Å². The minimum absolute atomic E-state index is 0.0985. The molecule has 0 aliphatic carbocycles. The van der Waals surface area contributed by atoms with Gasteiger partial charge in [-0.15, -0.1) is 0 Å². The topological polar surface area (TPSA) is 84.3 Å². The highest BCUT2D eigenvalue weighted by Crippen LogP contribution is 2.22. The van der Waals surface area contributed by atoms with Crippen LogP contribution in [0, 0.1) is 0 Å². The summed E-state index contributed by atoms with van der Waals surface area (Å²) in [4.78, 5) is 13.5. The van der Waals surface area contributed by atoms with Crippen LogP contribution in [0.4, 0.5) is 5.95 Å². The first-order valence-electron chi connectivity index (χ1n) is 8.73. The second-order valence-electron chi connectivity index (χ2n) is 6.44. The molecule has 0 aliphatic heterocycles. The van der Waals surface area contributed by atoms with Gasteiger partial charge in [0.15, 0.2) is 5.65 Å². The average Bonchev–Trinajstić information content (AvgIpc) is 3.34. The van der Waals surface area contributed by atoms with Crippen LogP contribution in [-0.4, -0.2) is 29.7 Å². The molecule has 0 fully saturated rings. The summed E-state index contributed by atoms with van der Waals surface area (Å²) in [5.41, 5.74) is 4.62. The smallest absolute Gasteiger partial charge is 0.225 e. The number of aromatic nitrogens is 6. The maximum atomic E-state index is 4.70. The molecule has 3 heterocycles. The highest BCUT2D eigenvalue weighted by Gasteiger charge is 2.11. The molecular weight excluding hydrogens is 338 g/mol.